The fourth-order valence-corrected chi connectivity index (χ4v) is 5.08. The van der Waals surface area contributed by atoms with Crippen LogP contribution in [0.2, 0.25) is 0 Å². The first-order valence-corrected chi connectivity index (χ1v) is 11.1. The Hall–Kier alpha value is -2.12. The second-order valence-electron chi connectivity index (χ2n) is 9.20. The highest BCUT2D eigenvalue weighted by molar-refractivity contribution is 5.82. The van der Waals surface area contributed by atoms with E-state index in [-0.39, 0.29) is 23.4 Å². The van der Waals surface area contributed by atoms with Crippen molar-refractivity contribution in [2.24, 2.45) is 5.41 Å². The Balaban J connectivity index is 1.27. The standard InChI is InChI=1S/C23H34N4O3/c1-18-3-5-19(6-4-18)16-24-22(29)27-9-7-23(8-10-27)15-20(25(2)17-23)21(28)26-11-13-30-14-12-26/h3-6,20H,7-17H2,1-2H3,(H,24,29). The molecule has 1 aromatic rings. The quantitative estimate of drug-likeness (QED) is 0.820. The molecule has 0 aromatic heterocycles. The van der Waals surface area contributed by atoms with Crippen molar-refractivity contribution in [1.82, 2.24) is 20.0 Å². The summed E-state index contributed by atoms with van der Waals surface area (Å²) in [4.78, 5) is 31.7. The topological polar surface area (TPSA) is 65.1 Å². The van der Waals surface area contributed by atoms with E-state index in [9.17, 15) is 9.59 Å². The highest BCUT2D eigenvalue weighted by Gasteiger charge is 2.48. The van der Waals surface area contributed by atoms with Gasteiger partial charge in [0.25, 0.3) is 0 Å². The molecule has 0 saturated carbocycles. The lowest BCUT2D eigenvalue weighted by Crippen LogP contribution is -2.49. The monoisotopic (exact) mass is 414 g/mol. The van der Waals surface area contributed by atoms with Gasteiger partial charge in [-0.15, -0.1) is 0 Å². The molecule has 0 bridgehead atoms. The van der Waals surface area contributed by atoms with Crippen LogP contribution in [0.25, 0.3) is 0 Å². The molecule has 4 rings (SSSR count). The lowest BCUT2D eigenvalue weighted by molar-refractivity contribution is -0.139. The van der Waals surface area contributed by atoms with Crippen LogP contribution in [-0.2, 0) is 16.1 Å². The summed E-state index contributed by atoms with van der Waals surface area (Å²) in [5.74, 6) is 0.246. The zero-order valence-electron chi connectivity index (χ0n) is 18.2. The van der Waals surface area contributed by atoms with Crippen LogP contribution in [0.4, 0.5) is 4.79 Å². The van der Waals surface area contributed by atoms with Crippen molar-refractivity contribution in [2.75, 3.05) is 53.0 Å². The van der Waals surface area contributed by atoms with Gasteiger partial charge in [-0.1, -0.05) is 29.8 Å². The summed E-state index contributed by atoms with van der Waals surface area (Å²) in [6, 6.07) is 8.22. The SMILES string of the molecule is Cc1ccc(CNC(=O)N2CCC3(CC2)CC(C(=O)N2CCOCC2)N(C)C3)cc1. The molecule has 1 N–H and O–H groups in total. The molecule has 3 fully saturated rings. The van der Waals surface area contributed by atoms with Crippen LogP contribution in [-0.4, -0.2) is 85.7 Å². The number of carbonyl (C=O) groups is 2. The van der Waals surface area contributed by atoms with Crippen LogP contribution in [0.1, 0.15) is 30.4 Å². The normalized spacial score (nSPS) is 24.3. The van der Waals surface area contributed by atoms with E-state index in [1.54, 1.807) is 0 Å². The first-order chi connectivity index (χ1) is 14.5. The van der Waals surface area contributed by atoms with Gasteiger partial charge < -0.3 is 19.9 Å². The lowest BCUT2D eigenvalue weighted by Gasteiger charge is -2.39. The molecule has 3 amide bonds. The van der Waals surface area contributed by atoms with E-state index in [2.05, 4.69) is 48.5 Å². The molecular formula is C23H34N4O3. The minimum Gasteiger partial charge on any atom is -0.378 e. The van der Waals surface area contributed by atoms with Crippen LogP contribution in [0, 0.1) is 12.3 Å². The summed E-state index contributed by atoms with van der Waals surface area (Å²) in [6.45, 7) is 7.74. The van der Waals surface area contributed by atoms with Gasteiger partial charge in [0, 0.05) is 39.3 Å². The van der Waals surface area contributed by atoms with Gasteiger partial charge in [0.2, 0.25) is 5.91 Å². The number of nitrogens with one attached hydrogen (secondary N) is 1. The Labute approximate surface area is 179 Å². The highest BCUT2D eigenvalue weighted by Crippen LogP contribution is 2.43. The van der Waals surface area contributed by atoms with Crippen molar-refractivity contribution in [2.45, 2.75) is 38.8 Å². The smallest absolute Gasteiger partial charge is 0.317 e. The molecule has 0 aliphatic carbocycles. The summed E-state index contributed by atoms with van der Waals surface area (Å²) in [6.07, 6.45) is 2.82. The number of amides is 3. The maximum absolute atomic E-state index is 13.0. The summed E-state index contributed by atoms with van der Waals surface area (Å²) in [5.41, 5.74) is 2.48. The summed E-state index contributed by atoms with van der Waals surface area (Å²) in [7, 11) is 2.07. The van der Waals surface area contributed by atoms with Crippen molar-refractivity contribution < 1.29 is 14.3 Å². The fraction of sp³-hybridized carbons (Fsp3) is 0.652. The number of carbonyl (C=O) groups excluding carboxylic acids is 2. The van der Waals surface area contributed by atoms with Gasteiger partial charge in [0.15, 0.2) is 0 Å². The third kappa shape index (κ3) is 4.62. The molecule has 3 aliphatic rings. The average Bonchev–Trinajstić information content (AvgIpc) is 3.09. The van der Waals surface area contributed by atoms with Crippen LogP contribution in [0.15, 0.2) is 24.3 Å². The molecule has 7 heteroatoms. The third-order valence-electron chi connectivity index (χ3n) is 7.03. The molecule has 30 heavy (non-hydrogen) atoms. The highest BCUT2D eigenvalue weighted by atomic mass is 16.5. The van der Waals surface area contributed by atoms with E-state index in [1.807, 2.05) is 9.80 Å². The van der Waals surface area contributed by atoms with E-state index in [4.69, 9.17) is 4.74 Å². The number of piperidine rings is 1. The maximum atomic E-state index is 13.0. The Morgan fingerprint density at radius 1 is 1.07 bits per heavy atom. The molecule has 1 aromatic carbocycles. The Morgan fingerprint density at radius 2 is 1.73 bits per heavy atom. The van der Waals surface area contributed by atoms with E-state index in [0.717, 1.165) is 44.5 Å². The van der Waals surface area contributed by atoms with Gasteiger partial charge in [-0.05, 0) is 44.2 Å². The first kappa shape index (κ1) is 21.1. The number of urea groups is 1. The van der Waals surface area contributed by atoms with Gasteiger partial charge >= 0.3 is 6.03 Å². The van der Waals surface area contributed by atoms with Gasteiger partial charge in [-0.2, -0.15) is 0 Å². The van der Waals surface area contributed by atoms with E-state index in [1.165, 1.54) is 5.56 Å². The van der Waals surface area contributed by atoms with Gasteiger partial charge in [-0.3, -0.25) is 9.69 Å². The lowest BCUT2D eigenvalue weighted by atomic mass is 9.76. The Kier molecular flexibility index (Phi) is 6.29. The predicted octanol–water partition coefficient (Wildman–Crippen LogP) is 1.85. The fourth-order valence-electron chi connectivity index (χ4n) is 5.08. The maximum Gasteiger partial charge on any atom is 0.317 e. The number of benzene rings is 1. The van der Waals surface area contributed by atoms with Gasteiger partial charge in [0.1, 0.15) is 0 Å². The average molecular weight is 415 g/mol. The molecule has 1 unspecified atom stereocenters. The number of nitrogens with zero attached hydrogens (tertiary/aromatic N) is 3. The molecular weight excluding hydrogens is 380 g/mol. The zero-order valence-corrected chi connectivity index (χ0v) is 18.2. The largest absolute Gasteiger partial charge is 0.378 e. The molecule has 3 aliphatic heterocycles. The third-order valence-corrected chi connectivity index (χ3v) is 7.03. The van der Waals surface area contributed by atoms with Crippen LogP contribution < -0.4 is 5.32 Å². The molecule has 7 nitrogen and oxygen atoms in total. The van der Waals surface area contributed by atoms with Crippen LogP contribution >= 0.6 is 0 Å². The Morgan fingerprint density at radius 3 is 2.40 bits per heavy atom. The summed E-state index contributed by atoms with van der Waals surface area (Å²) in [5, 5.41) is 3.05. The van der Waals surface area contributed by atoms with Crippen molar-refractivity contribution in [1.29, 1.82) is 0 Å². The minimum absolute atomic E-state index is 0.0118. The Bertz CT molecular complexity index is 752. The summed E-state index contributed by atoms with van der Waals surface area (Å²) >= 11 is 0. The second-order valence-corrected chi connectivity index (χ2v) is 9.20. The number of likely N-dealkylation sites (N-methyl/N-ethyl adjacent to an activating group) is 1. The number of hydrogen-bond donors (Lipinski definition) is 1. The molecule has 0 radical (unpaired) electrons. The number of likely N-dealkylation sites (tertiary alicyclic amines) is 2. The van der Waals surface area contributed by atoms with Crippen LogP contribution in [0.5, 0.6) is 0 Å². The molecule has 3 saturated heterocycles. The molecule has 164 valence electrons. The van der Waals surface area contributed by atoms with Gasteiger partial charge in [-0.25, -0.2) is 4.79 Å². The van der Waals surface area contributed by atoms with E-state index in [0.29, 0.717) is 32.8 Å². The molecule has 3 heterocycles. The number of rotatable bonds is 3. The van der Waals surface area contributed by atoms with Crippen molar-refractivity contribution in [3.8, 4) is 0 Å². The van der Waals surface area contributed by atoms with Gasteiger partial charge in [0.05, 0.1) is 19.3 Å². The zero-order chi connectivity index (χ0) is 21.1. The second kappa shape index (κ2) is 8.94. The van der Waals surface area contributed by atoms with Crippen LogP contribution in [0.3, 0.4) is 0 Å². The van der Waals surface area contributed by atoms with E-state index < -0.39 is 0 Å². The number of ether oxygens (including phenoxy) is 1. The molecule has 1 atom stereocenters. The first-order valence-electron chi connectivity index (χ1n) is 11.1. The predicted molar refractivity (Wildman–Crippen MR) is 115 cm³/mol. The number of hydrogen-bond acceptors (Lipinski definition) is 4. The summed E-state index contributed by atoms with van der Waals surface area (Å²) < 4.78 is 5.39. The van der Waals surface area contributed by atoms with Crippen molar-refractivity contribution in [3.63, 3.8) is 0 Å². The van der Waals surface area contributed by atoms with Crippen molar-refractivity contribution >= 4 is 11.9 Å². The molecule has 1 spiro atoms. The van der Waals surface area contributed by atoms with Crippen molar-refractivity contribution in [3.05, 3.63) is 35.4 Å². The van der Waals surface area contributed by atoms with E-state index >= 15 is 0 Å². The number of morpholine rings is 1. The minimum atomic E-state index is -0.0370. The number of aryl methyl sites for hydroxylation is 1.